The van der Waals surface area contributed by atoms with E-state index in [1.807, 2.05) is 0 Å². The zero-order valence-corrected chi connectivity index (χ0v) is 10.7. The van der Waals surface area contributed by atoms with Gasteiger partial charge in [0.2, 0.25) is 0 Å². The van der Waals surface area contributed by atoms with Crippen LogP contribution in [0.25, 0.3) is 0 Å². The van der Waals surface area contributed by atoms with Crippen LogP contribution in [-0.2, 0) is 9.47 Å². The Kier molecular flexibility index (Phi) is 14.0. The largest absolute Gasteiger partial charge is 0.382 e. The van der Waals surface area contributed by atoms with E-state index in [1.54, 1.807) is 7.11 Å². The van der Waals surface area contributed by atoms with E-state index in [4.69, 9.17) is 15.9 Å². The number of hydrogen-bond donors (Lipinski definition) is 0. The average molecular weight is 226 g/mol. The molecule has 0 atom stereocenters. The monoisotopic (exact) mass is 226 g/mol. The summed E-state index contributed by atoms with van der Waals surface area (Å²) >= 11 is 0. The molecule has 0 aliphatic heterocycles. The van der Waals surface area contributed by atoms with Crippen LogP contribution in [0.2, 0.25) is 0 Å². The van der Waals surface area contributed by atoms with Gasteiger partial charge in [-0.05, 0) is 12.8 Å². The molecule has 0 aromatic heterocycles. The summed E-state index contributed by atoms with van der Waals surface area (Å²) in [4.78, 5) is 0. The highest BCUT2D eigenvalue weighted by Gasteiger charge is 1.92. The van der Waals surface area contributed by atoms with Gasteiger partial charge in [-0.2, -0.15) is 0 Å². The van der Waals surface area contributed by atoms with Crippen molar-refractivity contribution >= 4 is 0 Å². The number of rotatable bonds is 12. The van der Waals surface area contributed by atoms with Crippen molar-refractivity contribution in [2.24, 2.45) is 0 Å². The van der Waals surface area contributed by atoms with E-state index in [1.165, 1.54) is 44.9 Å². The molecule has 0 spiro atoms. The third kappa shape index (κ3) is 13.5. The summed E-state index contributed by atoms with van der Waals surface area (Å²) in [7, 11) is 1.70. The molecular formula is C14H26O2. The highest BCUT2D eigenvalue weighted by Crippen LogP contribution is 2.08. The maximum absolute atomic E-state index is 5.39. The van der Waals surface area contributed by atoms with Gasteiger partial charge in [-0.3, -0.25) is 0 Å². The number of unbranched alkanes of at least 4 members (excludes halogenated alkanes) is 7. The van der Waals surface area contributed by atoms with Gasteiger partial charge in [0.1, 0.15) is 0 Å². The maximum Gasteiger partial charge on any atom is 0.0700 e. The Morgan fingerprint density at radius 2 is 1.44 bits per heavy atom. The highest BCUT2D eigenvalue weighted by molar-refractivity contribution is 4.82. The predicted molar refractivity (Wildman–Crippen MR) is 68.5 cm³/mol. The van der Waals surface area contributed by atoms with Gasteiger partial charge >= 0.3 is 0 Å². The van der Waals surface area contributed by atoms with Crippen molar-refractivity contribution in [3.05, 3.63) is 0 Å². The van der Waals surface area contributed by atoms with Crippen molar-refractivity contribution in [3.8, 4) is 12.3 Å². The third-order valence-corrected chi connectivity index (χ3v) is 2.54. The van der Waals surface area contributed by atoms with Crippen molar-refractivity contribution in [3.63, 3.8) is 0 Å². The second-order valence-electron chi connectivity index (χ2n) is 4.03. The minimum Gasteiger partial charge on any atom is -0.382 e. The first-order valence-electron chi connectivity index (χ1n) is 6.42. The summed E-state index contributed by atoms with van der Waals surface area (Å²) in [5.41, 5.74) is 0. The van der Waals surface area contributed by atoms with E-state index >= 15 is 0 Å². The molecule has 0 saturated carbocycles. The molecule has 0 aliphatic carbocycles. The molecule has 2 heteroatoms. The average Bonchev–Trinajstić information content (AvgIpc) is 2.31. The van der Waals surface area contributed by atoms with Crippen LogP contribution in [0, 0.1) is 12.3 Å². The second kappa shape index (κ2) is 14.5. The Labute approximate surface area is 101 Å². The molecule has 0 aliphatic rings. The van der Waals surface area contributed by atoms with Crippen LogP contribution in [0.4, 0.5) is 0 Å². The molecule has 0 unspecified atom stereocenters. The topological polar surface area (TPSA) is 18.5 Å². The smallest absolute Gasteiger partial charge is 0.0700 e. The molecule has 0 heterocycles. The lowest BCUT2D eigenvalue weighted by atomic mass is 10.1. The summed E-state index contributed by atoms with van der Waals surface area (Å²) in [6, 6.07) is 0. The summed E-state index contributed by atoms with van der Waals surface area (Å²) < 4.78 is 10.3. The lowest BCUT2D eigenvalue weighted by Gasteiger charge is -2.03. The van der Waals surface area contributed by atoms with Crippen LogP contribution in [0.1, 0.15) is 51.4 Å². The van der Waals surface area contributed by atoms with Crippen LogP contribution in [0.5, 0.6) is 0 Å². The highest BCUT2D eigenvalue weighted by atomic mass is 16.5. The van der Waals surface area contributed by atoms with Crippen LogP contribution in [0.15, 0.2) is 0 Å². The normalized spacial score (nSPS) is 10.2. The number of terminal acetylenes is 1. The zero-order valence-electron chi connectivity index (χ0n) is 10.7. The second-order valence-corrected chi connectivity index (χ2v) is 4.03. The maximum atomic E-state index is 5.39. The molecule has 0 rings (SSSR count). The Bertz CT molecular complexity index is 161. The van der Waals surface area contributed by atoms with Crippen LogP contribution in [0.3, 0.4) is 0 Å². The van der Waals surface area contributed by atoms with E-state index in [2.05, 4.69) is 5.92 Å². The molecule has 0 amide bonds. The fraction of sp³-hybridized carbons (Fsp3) is 0.857. The summed E-state index contributed by atoms with van der Waals surface area (Å²) in [5, 5.41) is 0. The van der Waals surface area contributed by atoms with Gasteiger partial charge in [-0.1, -0.05) is 32.1 Å². The van der Waals surface area contributed by atoms with Gasteiger partial charge in [0.15, 0.2) is 0 Å². The summed E-state index contributed by atoms with van der Waals surface area (Å²) in [5.74, 6) is 2.68. The molecule has 0 aromatic rings. The Morgan fingerprint density at radius 1 is 0.812 bits per heavy atom. The molecule has 16 heavy (non-hydrogen) atoms. The van der Waals surface area contributed by atoms with Crippen molar-refractivity contribution in [1.82, 2.24) is 0 Å². The first-order valence-corrected chi connectivity index (χ1v) is 6.42. The predicted octanol–water partition coefficient (Wildman–Crippen LogP) is 3.40. The van der Waals surface area contributed by atoms with Gasteiger partial charge in [0.25, 0.3) is 0 Å². The molecule has 0 bridgehead atoms. The fourth-order valence-electron chi connectivity index (χ4n) is 1.56. The lowest BCUT2D eigenvalue weighted by Crippen LogP contribution is -2.02. The van der Waals surface area contributed by atoms with E-state index in [9.17, 15) is 0 Å². The molecule has 0 aromatic carbocycles. The summed E-state index contributed by atoms with van der Waals surface area (Å²) in [6.07, 6.45) is 15.0. The standard InChI is InChI=1S/C14H26O2/c1-3-4-5-6-7-8-9-10-11-12-16-14-13-15-2/h1H,4-14H2,2H3. The number of hydrogen-bond acceptors (Lipinski definition) is 2. The summed E-state index contributed by atoms with van der Waals surface area (Å²) in [6.45, 7) is 2.30. The molecule has 94 valence electrons. The van der Waals surface area contributed by atoms with Crippen LogP contribution >= 0.6 is 0 Å². The number of methoxy groups -OCH3 is 1. The number of ether oxygens (including phenoxy) is 2. The van der Waals surface area contributed by atoms with Gasteiger partial charge in [0, 0.05) is 20.1 Å². The van der Waals surface area contributed by atoms with E-state index in [0.717, 1.165) is 19.6 Å². The molecule has 2 nitrogen and oxygen atoms in total. The lowest BCUT2D eigenvalue weighted by molar-refractivity contribution is 0.0685. The van der Waals surface area contributed by atoms with E-state index < -0.39 is 0 Å². The van der Waals surface area contributed by atoms with Crippen LogP contribution in [-0.4, -0.2) is 26.9 Å². The Morgan fingerprint density at radius 3 is 2.06 bits per heavy atom. The molecule has 0 fully saturated rings. The SMILES string of the molecule is C#CCCCCCCCCCOCCOC. The van der Waals surface area contributed by atoms with Gasteiger partial charge < -0.3 is 9.47 Å². The minimum absolute atomic E-state index is 0.704. The van der Waals surface area contributed by atoms with Crippen molar-refractivity contribution < 1.29 is 9.47 Å². The van der Waals surface area contributed by atoms with Crippen molar-refractivity contribution in [2.45, 2.75) is 51.4 Å². The van der Waals surface area contributed by atoms with Crippen molar-refractivity contribution in [2.75, 3.05) is 26.9 Å². The van der Waals surface area contributed by atoms with Crippen LogP contribution < -0.4 is 0 Å². The molecule has 0 saturated heterocycles. The fourth-order valence-corrected chi connectivity index (χ4v) is 1.56. The zero-order chi connectivity index (χ0) is 11.9. The quantitative estimate of drug-likeness (QED) is 0.375. The molecule has 0 radical (unpaired) electrons. The third-order valence-electron chi connectivity index (χ3n) is 2.54. The Balaban J connectivity index is 2.86. The van der Waals surface area contributed by atoms with Gasteiger partial charge in [-0.25, -0.2) is 0 Å². The van der Waals surface area contributed by atoms with Gasteiger partial charge in [0.05, 0.1) is 13.2 Å². The first-order chi connectivity index (χ1) is 7.91. The minimum atomic E-state index is 0.704. The molecular weight excluding hydrogens is 200 g/mol. The first kappa shape index (κ1) is 15.5. The van der Waals surface area contributed by atoms with Gasteiger partial charge in [-0.15, -0.1) is 12.3 Å². The molecule has 0 N–H and O–H groups in total. The van der Waals surface area contributed by atoms with E-state index in [-0.39, 0.29) is 0 Å². The van der Waals surface area contributed by atoms with Crippen molar-refractivity contribution in [1.29, 1.82) is 0 Å². The Hall–Kier alpha value is -0.520. The van der Waals surface area contributed by atoms with E-state index in [0.29, 0.717) is 6.61 Å².